The Morgan fingerprint density at radius 1 is 1.46 bits per heavy atom. The summed E-state index contributed by atoms with van der Waals surface area (Å²) in [5, 5.41) is 3.75. The maximum atomic E-state index is 11.9. The monoisotopic (exact) mass is 201 g/mol. The van der Waals surface area contributed by atoms with Gasteiger partial charge in [0.15, 0.2) is 0 Å². The third kappa shape index (κ3) is 2.98. The second-order valence-corrected chi connectivity index (χ2v) is 3.29. The molecule has 0 unspecified atom stereocenters. The molecule has 0 aliphatic rings. The van der Waals surface area contributed by atoms with Crippen LogP contribution in [0.1, 0.15) is 18.5 Å². The van der Waals surface area contributed by atoms with Crippen LogP contribution >= 0.6 is 11.6 Å². The van der Waals surface area contributed by atoms with Crippen molar-refractivity contribution in [2.75, 3.05) is 13.2 Å². The number of hydrogen-bond acceptors (Lipinski definition) is 1. The highest BCUT2D eigenvalue weighted by Crippen LogP contribution is 2.21. The van der Waals surface area contributed by atoms with E-state index in [1.54, 1.807) is 0 Å². The smallest absolute Gasteiger partial charge is 0.102 e. The Bertz CT molecular complexity index is 265. The number of benzene rings is 1. The summed E-state index contributed by atoms with van der Waals surface area (Å²) >= 11 is 5.96. The molecular formula is C10H13ClFN. The number of rotatable bonds is 4. The Hall–Kier alpha value is -0.600. The maximum Gasteiger partial charge on any atom is 0.102 e. The van der Waals surface area contributed by atoms with Crippen LogP contribution in [-0.4, -0.2) is 13.2 Å². The van der Waals surface area contributed by atoms with E-state index in [1.807, 2.05) is 31.2 Å². The first-order valence-electron chi connectivity index (χ1n) is 4.29. The molecule has 1 atom stereocenters. The van der Waals surface area contributed by atoms with Gasteiger partial charge in [-0.05, 0) is 18.6 Å². The highest BCUT2D eigenvalue weighted by atomic mass is 35.5. The van der Waals surface area contributed by atoms with E-state index in [0.29, 0.717) is 6.54 Å². The molecule has 1 aromatic carbocycles. The molecule has 13 heavy (non-hydrogen) atoms. The van der Waals surface area contributed by atoms with Crippen molar-refractivity contribution in [1.82, 2.24) is 5.32 Å². The Balaban J connectivity index is 2.65. The molecule has 72 valence electrons. The fourth-order valence-electron chi connectivity index (χ4n) is 1.21. The van der Waals surface area contributed by atoms with Crippen molar-refractivity contribution in [3.63, 3.8) is 0 Å². The highest BCUT2D eigenvalue weighted by Gasteiger charge is 2.06. The normalized spacial score (nSPS) is 12.8. The molecule has 0 spiro atoms. The molecule has 3 heteroatoms. The molecule has 0 aliphatic carbocycles. The van der Waals surface area contributed by atoms with E-state index in [-0.39, 0.29) is 12.7 Å². The van der Waals surface area contributed by atoms with Crippen LogP contribution in [-0.2, 0) is 0 Å². The van der Waals surface area contributed by atoms with Crippen LogP contribution in [0, 0.1) is 0 Å². The van der Waals surface area contributed by atoms with Crippen molar-refractivity contribution >= 4 is 11.6 Å². The van der Waals surface area contributed by atoms with Crippen LogP contribution < -0.4 is 5.32 Å². The van der Waals surface area contributed by atoms with E-state index in [4.69, 9.17) is 11.6 Å². The van der Waals surface area contributed by atoms with Gasteiger partial charge in [0.05, 0.1) is 0 Å². The molecule has 1 nitrogen and oxygen atoms in total. The number of hydrogen-bond donors (Lipinski definition) is 1. The molecule has 1 aromatic rings. The van der Waals surface area contributed by atoms with Gasteiger partial charge in [-0.15, -0.1) is 0 Å². The largest absolute Gasteiger partial charge is 0.308 e. The van der Waals surface area contributed by atoms with Gasteiger partial charge in [0.1, 0.15) is 6.67 Å². The molecule has 0 saturated heterocycles. The standard InChI is InChI=1S/C10H13ClFN/c1-8(13-7-6-12)9-4-2-3-5-10(9)11/h2-5,8,13H,6-7H2,1H3/t8-/m1/s1. The van der Waals surface area contributed by atoms with E-state index in [1.165, 1.54) is 0 Å². The molecule has 0 amide bonds. The lowest BCUT2D eigenvalue weighted by Gasteiger charge is -2.14. The zero-order valence-electron chi connectivity index (χ0n) is 7.56. The first kappa shape index (κ1) is 10.5. The molecule has 0 heterocycles. The summed E-state index contributed by atoms with van der Waals surface area (Å²) in [7, 11) is 0. The molecule has 0 bridgehead atoms. The lowest BCUT2D eigenvalue weighted by molar-refractivity contribution is 0.444. The molecule has 1 N–H and O–H groups in total. The zero-order valence-corrected chi connectivity index (χ0v) is 8.31. The Labute approximate surface area is 82.9 Å². The molecular weight excluding hydrogens is 189 g/mol. The number of alkyl halides is 1. The van der Waals surface area contributed by atoms with E-state index in [0.717, 1.165) is 10.6 Å². The van der Waals surface area contributed by atoms with Gasteiger partial charge >= 0.3 is 0 Å². The van der Waals surface area contributed by atoms with E-state index < -0.39 is 0 Å². The van der Waals surface area contributed by atoms with Crippen LogP contribution in [0.4, 0.5) is 4.39 Å². The molecule has 0 fully saturated rings. The van der Waals surface area contributed by atoms with Gasteiger partial charge in [0.2, 0.25) is 0 Å². The summed E-state index contributed by atoms with van der Waals surface area (Å²) in [6.45, 7) is 1.98. The summed E-state index contributed by atoms with van der Waals surface area (Å²) in [4.78, 5) is 0. The molecule has 1 rings (SSSR count). The van der Waals surface area contributed by atoms with Crippen LogP contribution in [0.15, 0.2) is 24.3 Å². The van der Waals surface area contributed by atoms with Gasteiger partial charge in [0.25, 0.3) is 0 Å². The van der Waals surface area contributed by atoms with Gasteiger partial charge in [-0.2, -0.15) is 0 Å². The Morgan fingerprint density at radius 2 is 2.15 bits per heavy atom. The second-order valence-electron chi connectivity index (χ2n) is 2.89. The van der Waals surface area contributed by atoms with Crippen molar-refractivity contribution in [3.05, 3.63) is 34.9 Å². The van der Waals surface area contributed by atoms with Crippen LogP contribution in [0.25, 0.3) is 0 Å². The van der Waals surface area contributed by atoms with Crippen LogP contribution in [0.5, 0.6) is 0 Å². The lowest BCUT2D eigenvalue weighted by Crippen LogP contribution is -2.21. The molecule has 0 aromatic heterocycles. The van der Waals surface area contributed by atoms with Crippen molar-refractivity contribution in [3.8, 4) is 0 Å². The summed E-state index contributed by atoms with van der Waals surface area (Å²) in [6.07, 6.45) is 0. The first-order valence-corrected chi connectivity index (χ1v) is 4.67. The average molecular weight is 202 g/mol. The van der Waals surface area contributed by atoms with E-state index in [9.17, 15) is 4.39 Å². The maximum absolute atomic E-state index is 11.9. The molecule has 0 saturated carbocycles. The Kier molecular flexibility index (Phi) is 4.19. The minimum absolute atomic E-state index is 0.101. The number of nitrogens with one attached hydrogen (secondary N) is 1. The van der Waals surface area contributed by atoms with Crippen molar-refractivity contribution < 1.29 is 4.39 Å². The predicted octanol–water partition coefficient (Wildman–Crippen LogP) is 2.96. The fraction of sp³-hybridized carbons (Fsp3) is 0.400. The average Bonchev–Trinajstić information content (AvgIpc) is 2.15. The van der Waals surface area contributed by atoms with E-state index in [2.05, 4.69) is 5.32 Å². The minimum Gasteiger partial charge on any atom is -0.308 e. The van der Waals surface area contributed by atoms with Crippen molar-refractivity contribution in [1.29, 1.82) is 0 Å². The summed E-state index contributed by atoms with van der Waals surface area (Å²) in [5.74, 6) is 0. The third-order valence-electron chi connectivity index (χ3n) is 1.92. The zero-order chi connectivity index (χ0) is 9.68. The van der Waals surface area contributed by atoms with Crippen molar-refractivity contribution in [2.45, 2.75) is 13.0 Å². The minimum atomic E-state index is -0.352. The predicted molar refractivity (Wildman–Crippen MR) is 53.8 cm³/mol. The van der Waals surface area contributed by atoms with Gasteiger partial charge < -0.3 is 5.32 Å². The van der Waals surface area contributed by atoms with Crippen LogP contribution in [0.2, 0.25) is 5.02 Å². The quantitative estimate of drug-likeness (QED) is 0.790. The van der Waals surface area contributed by atoms with E-state index >= 15 is 0 Å². The summed E-state index contributed by atoms with van der Waals surface area (Å²) < 4.78 is 11.9. The highest BCUT2D eigenvalue weighted by molar-refractivity contribution is 6.31. The van der Waals surface area contributed by atoms with Crippen molar-refractivity contribution in [2.24, 2.45) is 0 Å². The lowest BCUT2D eigenvalue weighted by atomic mass is 10.1. The third-order valence-corrected chi connectivity index (χ3v) is 2.26. The van der Waals surface area contributed by atoms with Gasteiger partial charge in [0, 0.05) is 17.6 Å². The molecule has 0 radical (unpaired) electrons. The first-order chi connectivity index (χ1) is 6.25. The fourth-order valence-corrected chi connectivity index (χ4v) is 1.51. The van der Waals surface area contributed by atoms with Gasteiger partial charge in [-0.25, -0.2) is 4.39 Å². The van der Waals surface area contributed by atoms with Gasteiger partial charge in [-0.3, -0.25) is 0 Å². The Morgan fingerprint density at radius 3 is 2.77 bits per heavy atom. The molecule has 0 aliphatic heterocycles. The van der Waals surface area contributed by atoms with Crippen LogP contribution in [0.3, 0.4) is 0 Å². The SMILES string of the molecule is C[C@@H](NCCF)c1ccccc1Cl. The summed E-state index contributed by atoms with van der Waals surface area (Å²) in [5.41, 5.74) is 1.01. The van der Waals surface area contributed by atoms with Gasteiger partial charge in [-0.1, -0.05) is 29.8 Å². The summed E-state index contributed by atoms with van der Waals surface area (Å²) in [6, 6.07) is 7.69. The number of halogens is 2. The second kappa shape index (κ2) is 5.20. The topological polar surface area (TPSA) is 12.0 Å².